The van der Waals surface area contributed by atoms with Crippen LogP contribution < -0.4 is 5.32 Å². The summed E-state index contributed by atoms with van der Waals surface area (Å²) < 4.78 is 0. The molecule has 0 aliphatic rings. The highest BCUT2D eigenvalue weighted by atomic mass is 35.5. The molecule has 1 unspecified atom stereocenters. The first-order chi connectivity index (χ1) is 13.0. The van der Waals surface area contributed by atoms with E-state index in [0.29, 0.717) is 11.6 Å². The number of urea groups is 1. The molecule has 146 valence electrons. The average Bonchev–Trinajstić information content (AvgIpc) is 2.69. The molecule has 2 aromatic carbocycles. The maximum absolute atomic E-state index is 12.6. The maximum atomic E-state index is 12.6. The highest BCUT2D eigenvalue weighted by Gasteiger charge is 2.17. The zero-order valence-electron chi connectivity index (χ0n) is 16.7. The Morgan fingerprint density at radius 2 is 1.74 bits per heavy atom. The van der Waals surface area contributed by atoms with Crippen LogP contribution in [0.5, 0.6) is 0 Å². The molecule has 5 heteroatoms. The minimum Gasteiger partial charge on any atom is -0.334 e. The number of carbonyl (C=O) groups is 1. The van der Waals surface area contributed by atoms with Crippen molar-refractivity contribution in [3.05, 3.63) is 70.2 Å². The Labute approximate surface area is 168 Å². The number of halogens is 1. The topological polar surface area (TPSA) is 35.6 Å². The molecule has 0 fully saturated rings. The Balaban J connectivity index is 2.00. The van der Waals surface area contributed by atoms with E-state index in [9.17, 15) is 4.79 Å². The number of benzene rings is 2. The van der Waals surface area contributed by atoms with Gasteiger partial charge < -0.3 is 10.2 Å². The SMILES string of the molecule is CCN(CC)Cc1ccccc1CNC(=O)N(C)C(C)c1cccc(Cl)c1. The Hall–Kier alpha value is -2.04. The average molecular weight is 388 g/mol. The summed E-state index contributed by atoms with van der Waals surface area (Å²) in [6.45, 7) is 9.77. The fourth-order valence-electron chi connectivity index (χ4n) is 3.03. The van der Waals surface area contributed by atoms with Crippen molar-refractivity contribution in [1.29, 1.82) is 0 Å². The second kappa shape index (κ2) is 10.3. The van der Waals surface area contributed by atoms with Gasteiger partial charge in [0.25, 0.3) is 0 Å². The summed E-state index contributed by atoms with van der Waals surface area (Å²) in [6.07, 6.45) is 0. The summed E-state index contributed by atoms with van der Waals surface area (Å²) in [4.78, 5) is 16.7. The summed E-state index contributed by atoms with van der Waals surface area (Å²) in [5, 5.41) is 3.73. The highest BCUT2D eigenvalue weighted by molar-refractivity contribution is 6.30. The van der Waals surface area contributed by atoms with E-state index in [0.717, 1.165) is 30.8 Å². The van der Waals surface area contributed by atoms with E-state index < -0.39 is 0 Å². The molecule has 1 N–H and O–H groups in total. The third-order valence-corrected chi connectivity index (χ3v) is 5.30. The van der Waals surface area contributed by atoms with Crippen molar-refractivity contribution in [2.24, 2.45) is 0 Å². The summed E-state index contributed by atoms with van der Waals surface area (Å²) in [5.41, 5.74) is 3.43. The Morgan fingerprint density at radius 1 is 1.07 bits per heavy atom. The molecule has 0 aliphatic carbocycles. The van der Waals surface area contributed by atoms with Crippen molar-refractivity contribution in [2.45, 2.75) is 39.9 Å². The van der Waals surface area contributed by atoms with Gasteiger partial charge in [0.15, 0.2) is 0 Å². The van der Waals surface area contributed by atoms with Crippen LogP contribution in [0.4, 0.5) is 4.79 Å². The lowest BCUT2D eigenvalue weighted by atomic mass is 10.1. The molecule has 2 aromatic rings. The van der Waals surface area contributed by atoms with Gasteiger partial charge in [0, 0.05) is 25.2 Å². The standard InChI is InChI=1S/C22H30ClN3O/c1-5-26(6-2)16-20-11-8-7-10-19(20)15-24-22(27)25(4)17(3)18-12-9-13-21(23)14-18/h7-14,17H,5-6,15-16H2,1-4H3,(H,24,27). The number of carbonyl (C=O) groups excluding carboxylic acids is 1. The number of hydrogen-bond acceptors (Lipinski definition) is 2. The van der Waals surface area contributed by atoms with Gasteiger partial charge in [0.1, 0.15) is 0 Å². The van der Waals surface area contributed by atoms with Crippen LogP contribution in [0.2, 0.25) is 5.02 Å². The second-order valence-electron chi connectivity index (χ2n) is 6.73. The summed E-state index contributed by atoms with van der Waals surface area (Å²) >= 11 is 6.07. The lowest BCUT2D eigenvalue weighted by Gasteiger charge is -2.26. The fraction of sp³-hybridized carbons (Fsp3) is 0.409. The Bertz CT molecular complexity index is 746. The zero-order chi connectivity index (χ0) is 19.8. The van der Waals surface area contributed by atoms with Crippen molar-refractivity contribution >= 4 is 17.6 Å². The van der Waals surface area contributed by atoms with Gasteiger partial charge in [-0.25, -0.2) is 4.79 Å². The Morgan fingerprint density at radius 3 is 2.37 bits per heavy atom. The summed E-state index contributed by atoms with van der Waals surface area (Å²) in [7, 11) is 1.81. The third kappa shape index (κ3) is 5.98. The van der Waals surface area contributed by atoms with E-state index in [1.807, 2.05) is 44.3 Å². The molecule has 2 rings (SSSR count). The van der Waals surface area contributed by atoms with Gasteiger partial charge in [-0.3, -0.25) is 4.90 Å². The first-order valence-electron chi connectivity index (χ1n) is 9.51. The summed E-state index contributed by atoms with van der Waals surface area (Å²) in [6, 6.07) is 15.8. The molecule has 0 aliphatic heterocycles. The number of nitrogens with one attached hydrogen (secondary N) is 1. The lowest BCUT2D eigenvalue weighted by molar-refractivity contribution is 0.194. The normalized spacial score (nSPS) is 12.1. The van der Waals surface area contributed by atoms with Crippen molar-refractivity contribution in [1.82, 2.24) is 15.1 Å². The predicted molar refractivity (Wildman–Crippen MR) is 113 cm³/mol. The van der Waals surface area contributed by atoms with E-state index >= 15 is 0 Å². The van der Waals surface area contributed by atoms with Crippen molar-refractivity contribution in [2.75, 3.05) is 20.1 Å². The van der Waals surface area contributed by atoms with Crippen LogP contribution in [0, 0.1) is 0 Å². The molecule has 0 spiro atoms. The zero-order valence-corrected chi connectivity index (χ0v) is 17.5. The van der Waals surface area contributed by atoms with E-state index in [2.05, 4.69) is 42.3 Å². The first-order valence-corrected chi connectivity index (χ1v) is 9.89. The van der Waals surface area contributed by atoms with Crippen LogP contribution in [0.15, 0.2) is 48.5 Å². The van der Waals surface area contributed by atoms with Gasteiger partial charge in [-0.05, 0) is 48.8 Å². The largest absolute Gasteiger partial charge is 0.334 e. The van der Waals surface area contributed by atoms with Crippen LogP contribution >= 0.6 is 11.6 Å². The van der Waals surface area contributed by atoms with Crippen LogP contribution in [-0.2, 0) is 13.1 Å². The van der Waals surface area contributed by atoms with Crippen LogP contribution in [0.25, 0.3) is 0 Å². The molecule has 0 bridgehead atoms. The van der Waals surface area contributed by atoms with Gasteiger partial charge in [-0.2, -0.15) is 0 Å². The molecule has 0 saturated heterocycles. The van der Waals surface area contributed by atoms with Gasteiger partial charge in [-0.1, -0.05) is 61.8 Å². The number of hydrogen-bond donors (Lipinski definition) is 1. The minimum absolute atomic E-state index is 0.0605. The molecule has 0 saturated carbocycles. The monoisotopic (exact) mass is 387 g/mol. The maximum Gasteiger partial charge on any atom is 0.317 e. The predicted octanol–water partition coefficient (Wildman–Crippen LogP) is 5.08. The van der Waals surface area contributed by atoms with Gasteiger partial charge in [0.05, 0.1) is 6.04 Å². The second-order valence-corrected chi connectivity index (χ2v) is 7.17. The number of rotatable bonds is 8. The van der Waals surface area contributed by atoms with Crippen molar-refractivity contribution < 1.29 is 4.79 Å². The molecular weight excluding hydrogens is 358 g/mol. The van der Waals surface area contributed by atoms with E-state index in [1.165, 1.54) is 5.56 Å². The molecule has 0 aromatic heterocycles. The third-order valence-electron chi connectivity index (χ3n) is 5.07. The van der Waals surface area contributed by atoms with Crippen LogP contribution in [0.3, 0.4) is 0 Å². The van der Waals surface area contributed by atoms with Gasteiger partial charge in [0.2, 0.25) is 0 Å². The first kappa shape index (κ1) is 21.3. The molecule has 0 radical (unpaired) electrons. The van der Waals surface area contributed by atoms with Crippen molar-refractivity contribution in [3.8, 4) is 0 Å². The van der Waals surface area contributed by atoms with Crippen LogP contribution in [-0.4, -0.2) is 36.0 Å². The lowest BCUT2D eigenvalue weighted by Crippen LogP contribution is -2.38. The molecule has 2 amide bonds. The summed E-state index contributed by atoms with van der Waals surface area (Å²) in [5.74, 6) is 0. The van der Waals surface area contributed by atoms with Crippen LogP contribution in [0.1, 0.15) is 43.5 Å². The van der Waals surface area contributed by atoms with Gasteiger partial charge >= 0.3 is 6.03 Å². The van der Waals surface area contributed by atoms with Gasteiger partial charge in [-0.15, -0.1) is 0 Å². The molecular formula is C22H30ClN3O. The molecule has 0 heterocycles. The molecule has 1 atom stereocenters. The quantitative estimate of drug-likeness (QED) is 0.685. The minimum atomic E-state index is -0.0971. The number of nitrogens with zero attached hydrogens (tertiary/aromatic N) is 2. The fourth-order valence-corrected chi connectivity index (χ4v) is 3.23. The number of amides is 2. The van der Waals surface area contributed by atoms with E-state index in [-0.39, 0.29) is 12.1 Å². The molecule has 4 nitrogen and oxygen atoms in total. The highest BCUT2D eigenvalue weighted by Crippen LogP contribution is 2.22. The molecule has 27 heavy (non-hydrogen) atoms. The van der Waals surface area contributed by atoms with Crippen molar-refractivity contribution in [3.63, 3.8) is 0 Å². The van der Waals surface area contributed by atoms with E-state index in [4.69, 9.17) is 11.6 Å². The smallest absolute Gasteiger partial charge is 0.317 e. The Kier molecular flexibility index (Phi) is 8.14. The van der Waals surface area contributed by atoms with E-state index in [1.54, 1.807) is 4.90 Å².